The van der Waals surface area contributed by atoms with E-state index < -0.39 is 0 Å². The lowest BCUT2D eigenvalue weighted by atomic mass is 10.1. The number of carbonyl (C=O) groups is 2. The van der Waals surface area contributed by atoms with Gasteiger partial charge in [0.05, 0.1) is 11.4 Å². The van der Waals surface area contributed by atoms with Crippen molar-refractivity contribution >= 4 is 23.5 Å². The number of hydrogen-bond acceptors (Lipinski definition) is 5. The van der Waals surface area contributed by atoms with Crippen molar-refractivity contribution < 1.29 is 9.59 Å². The molecule has 31 heavy (non-hydrogen) atoms. The fraction of sp³-hybridized carbons (Fsp3) is 0.348. The predicted octanol–water partition coefficient (Wildman–Crippen LogP) is 3.36. The molecular weight excluding hydrogens is 392 g/mol. The van der Waals surface area contributed by atoms with E-state index >= 15 is 0 Å². The van der Waals surface area contributed by atoms with Crippen LogP contribution in [0.5, 0.6) is 0 Å². The van der Waals surface area contributed by atoms with Crippen molar-refractivity contribution in [1.82, 2.24) is 19.7 Å². The van der Waals surface area contributed by atoms with Crippen LogP contribution in [0, 0.1) is 19.8 Å². The lowest BCUT2D eigenvalue weighted by molar-refractivity contribution is -0.122. The van der Waals surface area contributed by atoms with E-state index in [0.29, 0.717) is 18.3 Å². The van der Waals surface area contributed by atoms with Crippen molar-refractivity contribution in [3.63, 3.8) is 0 Å². The Kier molecular flexibility index (Phi) is 5.79. The molecule has 8 heteroatoms. The van der Waals surface area contributed by atoms with E-state index in [9.17, 15) is 9.59 Å². The van der Waals surface area contributed by atoms with Gasteiger partial charge in [-0.2, -0.15) is 5.10 Å². The second-order valence-corrected chi connectivity index (χ2v) is 8.13. The van der Waals surface area contributed by atoms with Crippen molar-refractivity contribution in [2.75, 3.05) is 16.8 Å². The number of amides is 2. The van der Waals surface area contributed by atoms with Gasteiger partial charge in [0.1, 0.15) is 11.6 Å². The Hall–Kier alpha value is -3.55. The maximum Gasteiger partial charge on any atom is 0.228 e. The highest BCUT2D eigenvalue weighted by atomic mass is 16.2. The van der Waals surface area contributed by atoms with Crippen LogP contribution in [0.3, 0.4) is 0 Å². The average Bonchev–Trinajstić information content (AvgIpc) is 3.11. The largest absolute Gasteiger partial charge is 0.311 e. The van der Waals surface area contributed by atoms with Gasteiger partial charge in [-0.3, -0.25) is 19.5 Å². The molecule has 3 aromatic heterocycles. The normalized spacial score (nSPS) is 15.5. The molecule has 0 aliphatic carbocycles. The van der Waals surface area contributed by atoms with Crippen LogP contribution in [0.2, 0.25) is 0 Å². The van der Waals surface area contributed by atoms with Crippen LogP contribution in [0.25, 0.3) is 11.3 Å². The summed E-state index contributed by atoms with van der Waals surface area (Å²) in [6, 6.07) is 9.45. The summed E-state index contributed by atoms with van der Waals surface area (Å²) < 4.78 is 1.87. The highest BCUT2D eigenvalue weighted by molar-refractivity contribution is 5.97. The minimum absolute atomic E-state index is 0.0725. The Balaban J connectivity index is 1.34. The Labute approximate surface area is 181 Å². The predicted molar refractivity (Wildman–Crippen MR) is 119 cm³/mol. The minimum atomic E-state index is -0.239. The van der Waals surface area contributed by atoms with Crippen LogP contribution in [0.1, 0.15) is 31.0 Å². The zero-order valence-electron chi connectivity index (χ0n) is 18.0. The Morgan fingerprint density at radius 1 is 1.10 bits per heavy atom. The number of hydrogen-bond donors (Lipinski definition) is 1. The molecule has 160 valence electrons. The Morgan fingerprint density at radius 2 is 1.94 bits per heavy atom. The van der Waals surface area contributed by atoms with E-state index in [-0.39, 0.29) is 24.7 Å². The van der Waals surface area contributed by atoms with E-state index in [0.717, 1.165) is 34.9 Å². The summed E-state index contributed by atoms with van der Waals surface area (Å²) in [7, 11) is 0. The maximum atomic E-state index is 12.8. The van der Waals surface area contributed by atoms with Crippen LogP contribution in [0.4, 0.5) is 11.6 Å². The van der Waals surface area contributed by atoms with Gasteiger partial charge in [-0.15, -0.1) is 0 Å². The molecular formula is C23H26N6O2. The van der Waals surface area contributed by atoms with Gasteiger partial charge < -0.3 is 5.32 Å². The third kappa shape index (κ3) is 4.79. The monoisotopic (exact) mass is 418 g/mol. The first-order valence-corrected chi connectivity index (χ1v) is 10.4. The molecule has 0 fully saturated rings. The summed E-state index contributed by atoms with van der Waals surface area (Å²) in [4.78, 5) is 35.5. The number of fused-ring (bicyclic) bond motifs is 1. The zero-order chi connectivity index (χ0) is 22.0. The molecule has 0 radical (unpaired) electrons. The molecule has 3 aromatic rings. The van der Waals surface area contributed by atoms with Crippen molar-refractivity contribution in [3.05, 3.63) is 54.0 Å². The fourth-order valence-corrected chi connectivity index (χ4v) is 3.75. The van der Waals surface area contributed by atoms with Gasteiger partial charge in [0.2, 0.25) is 11.8 Å². The van der Waals surface area contributed by atoms with Gasteiger partial charge in [-0.25, -0.2) is 9.67 Å². The highest BCUT2D eigenvalue weighted by Crippen LogP contribution is 2.25. The van der Waals surface area contributed by atoms with Gasteiger partial charge in [0, 0.05) is 50.0 Å². The molecule has 1 atom stereocenters. The Morgan fingerprint density at radius 3 is 2.68 bits per heavy atom. The van der Waals surface area contributed by atoms with Gasteiger partial charge in [-0.05, 0) is 49.6 Å². The number of anilines is 2. The first-order chi connectivity index (χ1) is 14.9. The molecule has 4 heterocycles. The molecule has 4 rings (SSSR count). The third-order valence-corrected chi connectivity index (χ3v) is 5.25. The number of rotatable bonds is 5. The zero-order valence-corrected chi connectivity index (χ0v) is 18.0. The van der Waals surface area contributed by atoms with Gasteiger partial charge >= 0.3 is 0 Å². The number of aryl methyl sites for hydroxylation is 2. The molecule has 2 amide bonds. The standard InChI is InChI=1S/C23H26N6O2/c1-15-8-9-24-19(10-15)18-4-5-20(25-12-18)26-21(30)6-7-23(31)28-13-16(2)14-29-22(28)11-17(3)27-29/h4-5,8-12,16H,6-7,13-14H2,1-3H3,(H,25,26,30)/t16-/m0/s1. The van der Waals surface area contributed by atoms with Crippen molar-refractivity contribution in [1.29, 1.82) is 0 Å². The summed E-state index contributed by atoms with van der Waals surface area (Å²) in [5.74, 6) is 1.26. The first kappa shape index (κ1) is 20.7. The van der Waals surface area contributed by atoms with Crippen LogP contribution in [-0.4, -0.2) is 38.1 Å². The lowest BCUT2D eigenvalue weighted by Crippen LogP contribution is -2.41. The van der Waals surface area contributed by atoms with Gasteiger partial charge in [-0.1, -0.05) is 6.92 Å². The quantitative estimate of drug-likeness (QED) is 0.686. The smallest absolute Gasteiger partial charge is 0.228 e. The summed E-state index contributed by atoms with van der Waals surface area (Å²) >= 11 is 0. The van der Waals surface area contributed by atoms with Crippen LogP contribution < -0.4 is 10.2 Å². The molecule has 0 aromatic carbocycles. The van der Waals surface area contributed by atoms with Crippen molar-refractivity contribution in [3.8, 4) is 11.3 Å². The van der Waals surface area contributed by atoms with Crippen molar-refractivity contribution in [2.45, 2.75) is 40.2 Å². The lowest BCUT2D eigenvalue weighted by Gasteiger charge is -2.31. The highest BCUT2D eigenvalue weighted by Gasteiger charge is 2.27. The van der Waals surface area contributed by atoms with E-state index in [1.54, 1.807) is 23.4 Å². The molecule has 0 spiro atoms. The van der Waals surface area contributed by atoms with E-state index in [4.69, 9.17) is 0 Å². The van der Waals surface area contributed by atoms with E-state index in [1.807, 2.05) is 42.8 Å². The number of pyridine rings is 2. The number of nitrogens with one attached hydrogen (secondary N) is 1. The summed E-state index contributed by atoms with van der Waals surface area (Å²) in [5.41, 5.74) is 3.72. The molecule has 0 unspecified atom stereocenters. The van der Waals surface area contributed by atoms with Crippen LogP contribution in [0.15, 0.2) is 42.7 Å². The van der Waals surface area contributed by atoms with Crippen LogP contribution >= 0.6 is 0 Å². The summed E-state index contributed by atoms with van der Waals surface area (Å²) in [6.07, 6.45) is 3.67. The first-order valence-electron chi connectivity index (χ1n) is 10.4. The molecule has 0 saturated carbocycles. The molecule has 1 N–H and O–H groups in total. The Bertz CT molecular complexity index is 1110. The van der Waals surface area contributed by atoms with Gasteiger partial charge in [0.25, 0.3) is 0 Å². The van der Waals surface area contributed by atoms with Crippen LogP contribution in [-0.2, 0) is 16.1 Å². The molecule has 1 aliphatic heterocycles. The molecule has 8 nitrogen and oxygen atoms in total. The van der Waals surface area contributed by atoms with E-state index in [2.05, 4.69) is 27.3 Å². The SMILES string of the molecule is Cc1ccnc(-c2ccc(NC(=O)CCC(=O)N3C[C@H](C)Cn4nc(C)cc43)nc2)c1. The summed E-state index contributed by atoms with van der Waals surface area (Å²) in [6.45, 7) is 7.46. The molecule has 1 aliphatic rings. The van der Waals surface area contributed by atoms with E-state index in [1.165, 1.54) is 0 Å². The number of aromatic nitrogens is 4. The fourth-order valence-electron chi connectivity index (χ4n) is 3.75. The second kappa shape index (κ2) is 8.67. The number of nitrogens with zero attached hydrogens (tertiary/aromatic N) is 5. The third-order valence-electron chi connectivity index (χ3n) is 5.25. The molecule has 0 saturated heterocycles. The number of carbonyl (C=O) groups excluding carboxylic acids is 2. The topological polar surface area (TPSA) is 93.0 Å². The average molecular weight is 419 g/mol. The maximum absolute atomic E-state index is 12.8. The van der Waals surface area contributed by atoms with Crippen molar-refractivity contribution in [2.24, 2.45) is 5.92 Å². The second-order valence-electron chi connectivity index (χ2n) is 8.13. The molecule has 0 bridgehead atoms. The minimum Gasteiger partial charge on any atom is -0.311 e. The van der Waals surface area contributed by atoms with Gasteiger partial charge in [0.15, 0.2) is 0 Å². The summed E-state index contributed by atoms with van der Waals surface area (Å²) in [5, 5.41) is 7.21.